The highest BCUT2D eigenvalue weighted by molar-refractivity contribution is 7.88. The van der Waals surface area contributed by atoms with Crippen molar-refractivity contribution in [3.8, 4) is 0 Å². The molecule has 2 aliphatic rings. The number of carbonyl (C=O) groups is 2. The normalized spacial score (nSPS) is 21.0. The molecular formula is C21H31N3O4S. The number of anilines is 1. The minimum Gasteiger partial charge on any atom is -0.338 e. The topological polar surface area (TPSA) is 95.6 Å². The van der Waals surface area contributed by atoms with Gasteiger partial charge in [-0.2, -0.15) is 0 Å². The van der Waals surface area contributed by atoms with E-state index in [9.17, 15) is 18.0 Å². The average molecular weight is 422 g/mol. The summed E-state index contributed by atoms with van der Waals surface area (Å²) in [5, 5.41) is 2.97. The fourth-order valence-electron chi connectivity index (χ4n) is 4.21. The number of likely N-dealkylation sites (tertiary alicyclic amines) is 1. The van der Waals surface area contributed by atoms with Gasteiger partial charge in [-0.1, -0.05) is 25.3 Å². The minimum absolute atomic E-state index is 0.0409. The number of nitrogens with zero attached hydrogens (tertiary/aromatic N) is 1. The van der Waals surface area contributed by atoms with Crippen molar-refractivity contribution in [1.82, 2.24) is 9.62 Å². The molecule has 0 radical (unpaired) electrons. The molecule has 1 saturated carbocycles. The maximum absolute atomic E-state index is 13.0. The van der Waals surface area contributed by atoms with Crippen LogP contribution in [-0.4, -0.2) is 51.0 Å². The first kappa shape index (κ1) is 21.8. The molecule has 8 heteroatoms. The van der Waals surface area contributed by atoms with E-state index in [0.717, 1.165) is 44.8 Å². The van der Waals surface area contributed by atoms with Gasteiger partial charge >= 0.3 is 0 Å². The van der Waals surface area contributed by atoms with Gasteiger partial charge in [-0.15, -0.1) is 0 Å². The lowest BCUT2D eigenvalue weighted by atomic mass is 9.88. The number of piperidine rings is 1. The van der Waals surface area contributed by atoms with Gasteiger partial charge in [0.1, 0.15) is 0 Å². The average Bonchev–Trinajstić information content (AvgIpc) is 2.72. The largest absolute Gasteiger partial charge is 0.338 e. The van der Waals surface area contributed by atoms with E-state index in [0.29, 0.717) is 30.9 Å². The van der Waals surface area contributed by atoms with Gasteiger partial charge in [0, 0.05) is 36.8 Å². The number of hydrogen-bond donors (Lipinski definition) is 2. The fraction of sp³-hybridized carbons (Fsp3) is 0.619. The van der Waals surface area contributed by atoms with E-state index in [-0.39, 0.29) is 23.7 Å². The van der Waals surface area contributed by atoms with Crippen molar-refractivity contribution in [2.75, 3.05) is 31.2 Å². The lowest BCUT2D eigenvalue weighted by Crippen LogP contribution is -2.43. The standard InChI is InChI=1S/C21H31N3O4S/c1-29(27,28)22-14-16-7-6-12-24(15-16)21(26)18-10-5-11-19(13-18)23-20(25)17-8-3-2-4-9-17/h5,10-11,13,16-17,22H,2-4,6-9,12,14-15H2,1H3,(H,23,25)/t16-/m0/s1. The zero-order valence-electron chi connectivity index (χ0n) is 17.0. The van der Waals surface area contributed by atoms with Crippen LogP contribution in [0.3, 0.4) is 0 Å². The predicted octanol–water partition coefficient (Wildman–Crippen LogP) is 2.61. The van der Waals surface area contributed by atoms with E-state index in [2.05, 4.69) is 10.0 Å². The van der Waals surface area contributed by atoms with E-state index >= 15 is 0 Å². The van der Waals surface area contributed by atoms with Crippen LogP contribution in [0.15, 0.2) is 24.3 Å². The van der Waals surface area contributed by atoms with Crippen LogP contribution in [0, 0.1) is 11.8 Å². The maximum atomic E-state index is 13.0. The summed E-state index contributed by atoms with van der Waals surface area (Å²) in [5.41, 5.74) is 1.20. The quantitative estimate of drug-likeness (QED) is 0.738. The van der Waals surface area contributed by atoms with Gasteiger partial charge in [0.05, 0.1) is 6.26 Å². The Hall–Kier alpha value is -1.93. The Labute approximate surface area is 173 Å². The van der Waals surface area contributed by atoms with Crippen LogP contribution in [0.1, 0.15) is 55.3 Å². The van der Waals surface area contributed by atoms with Crippen LogP contribution in [0.5, 0.6) is 0 Å². The zero-order chi connectivity index (χ0) is 20.9. The molecule has 1 aromatic carbocycles. The monoisotopic (exact) mass is 421 g/mol. The first-order valence-corrected chi connectivity index (χ1v) is 12.4. The van der Waals surface area contributed by atoms with Crippen LogP contribution in [0.4, 0.5) is 5.69 Å². The van der Waals surface area contributed by atoms with Crippen LogP contribution >= 0.6 is 0 Å². The van der Waals surface area contributed by atoms with Gasteiger partial charge in [-0.05, 0) is 49.8 Å². The molecule has 7 nitrogen and oxygen atoms in total. The summed E-state index contributed by atoms with van der Waals surface area (Å²) in [4.78, 5) is 27.2. The molecule has 2 amide bonds. The molecule has 1 aliphatic carbocycles. The second-order valence-corrected chi connectivity index (χ2v) is 10.1. The Bertz CT molecular complexity index is 834. The minimum atomic E-state index is -3.23. The molecule has 1 heterocycles. The summed E-state index contributed by atoms with van der Waals surface area (Å²) in [6.45, 7) is 1.53. The summed E-state index contributed by atoms with van der Waals surface area (Å²) < 4.78 is 25.2. The third kappa shape index (κ3) is 6.54. The summed E-state index contributed by atoms with van der Waals surface area (Å²) in [7, 11) is -3.23. The molecule has 160 valence electrons. The molecule has 1 atom stereocenters. The Morgan fingerprint density at radius 2 is 1.86 bits per heavy atom. The van der Waals surface area contributed by atoms with Gasteiger partial charge in [-0.25, -0.2) is 13.1 Å². The molecular weight excluding hydrogens is 390 g/mol. The van der Waals surface area contributed by atoms with Crippen molar-refractivity contribution in [3.63, 3.8) is 0 Å². The van der Waals surface area contributed by atoms with Crippen molar-refractivity contribution in [1.29, 1.82) is 0 Å². The first-order chi connectivity index (χ1) is 13.8. The first-order valence-electron chi connectivity index (χ1n) is 10.5. The number of nitrogens with one attached hydrogen (secondary N) is 2. The SMILES string of the molecule is CS(=O)(=O)NC[C@@H]1CCCN(C(=O)c2cccc(NC(=O)C3CCCCC3)c2)C1. The van der Waals surface area contributed by atoms with E-state index in [1.807, 2.05) is 6.07 Å². The lowest BCUT2D eigenvalue weighted by Gasteiger charge is -2.33. The highest BCUT2D eigenvalue weighted by atomic mass is 32.2. The third-order valence-corrected chi connectivity index (χ3v) is 6.48. The fourth-order valence-corrected chi connectivity index (χ4v) is 4.75. The molecule has 0 unspecified atom stereocenters. The van der Waals surface area contributed by atoms with Gasteiger partial charge in [0.25, 0.3) is 5.91 Å². The van der Waals surface area contributed by atoms with Crippen LogP contribution < -0.4 is 10.0 Å². The van der Waals surface area contributed by atoms with Crippen LogP contribution in [0.25, 0.3) is 0 Å². The molecule has 1 saturated heterocycles. The highest BCUT2D eigenvalue weighted by Gasteiger charge is 2.26. The van der Waals surface area contributed by atoms with E-state index in [4.69, 9.17) is 0 Å². The Morgan fingerprint density at radius 1 is 1.10 bits per heavy atom. The van der Waals surface area contributed by atoms with Crippen LogP contribution in [0.2, 0.25) is 0 Å². The number of rotatable bonds is 6. The number of carbonyl (C=O) groups excluding carboxylic acids is 2. The van der Waals surface area contributed by atoms with E-state index < -0.39 is 10.0 Å². The van der Waals surface area contributed by atoms with Gasteiger partial charge in [0.2, 0.25) is 15.9 Å². The summed E-state index contributed by atoms with van der Waals surface area (Å²) in [5.74, 6) is 0.131. The highest BCUT2D eigenvalue weighted by Crippen LogP contribution is 2.25. The molecule has 0 spiro atoms. The van der Waals surface area contributed by atoms with Crippen molar-refractivity contribution < 1.29 is 18.0 Å². The molecule has 1 aliphatic heterocycles. The third-order valence-electron chi connectivity index (χ3n) is 5.79. The van der Waals surface area contributed by atoms with Crippen molar-refractivity contribution in [2.24, 2.45) is 11.8 Å². The van der Waals surface area contributed by atoms with Crippen molar-refractivity contribution in [3.05, 3.63) is 29.8 Å². The van der Waals surface area contributed by atoms with Gasteiger partial charge in [0.15, 0.2) is 0 Å². The Balaban J connectivity index is 1.60. The lowest BCUT2D eigenvalue weighted by molar-refractivity contribution is -0.120. The molecule has 0 aromatic heterocycles. The van der Waals surface area contributed by atoms with Crippen LogP contribution in [-0.2, 0) is 14.8 Å². The van der Waals surface area contributed by atoms with Gasteiger partial charge in [-0.3, -0.25) is 9.59 Å². The van der Waals surface area contributed by atoms with Crippen molar-refractivity contribution >= 4 is 27.5 Å². The Morgan fingerprint density at radius 3 is 2.59 bits per heavy atom. The second-order valence-electron chi connectivity index (χ2n) is 8.29. The Kier molecular flexibility index (Phi) is 7.29. The maximum Gasteiger partial charge on any atom is 0.253 e. The summed E-state index contributed by atoms with van der Waals surface area (Å²) in [6.07, 6.45) is 8.14. The van der Waals surface area contributed by atoms with Crippen molar-refractivity contribution in [2.45, 2.75) is 44.9 Å². The molecule has 0 bridgehead atoms. The summed E-state index contributed by atoms with van der Waals surface area (Å²) >= 11 is 0. The molecule has 1 aromatic rings. The molecule has 29 heavy (non-hydrogen) atoms. The second kappa shape index (κ2) is 9.71. The molecule has 3 rings (SSSR count). The van der Waals surface area contributed by atoms with E-state index in [1.165, 1.54) is 6.42 Å². The predicted molar refractivity (Wildman–Crippen MR) is 113 cm³/mol. The molecule has 2 N–H and O–H groups in total. The number of hydrogen-bond acceptors (Lipinski definition) is 4. The van der Waals surface area contributed by atoms with E-state index in [1.54, 1.807) is 23.1 Å². The number of amides is 2. The zero-order valence-corrected chi connectivity index (χ0v) is 17.8. The van der Waals surface area contributed by atoms with Gasteiger partial charge < -0.3 is 10.2 Å². The summed E-state index contributed by atoms with van der Waals surface area (Å²) in [6, 6.07) is 7.10. The smallest absolute Gasteiger partial charge is 0.253 e. The number of sulfonamides is 1. The molecule has 2 fully saturated rings. The number of benzene rings is 1.